The number of sulfonamides is 1. The van der Waals surface area contributed by atoms with E-state index in [2.05, 4.69) is 11.0 Å². The maximum Gasteiger partial charge on any atom is 0.243 e. The van der Waals surface area contributed by atoms with Gasteiger partial charge in [-0.1, -0.05) is 6.07 Å². The van der Waals surface area contributed by atoms with Crippen molar-refractivity contribution in [1.82, 2.24) is 9.21 Å². The second kappa shape index (κ2) is 6.60. The lowest BCUT2D eigenvalue weighted by Crippen LogP contribution is -2.49. The summed E-state index contributed by atoms with van der Waals surface area (Å²) in [6.07, 6.45) is 3.17. The number of hydrogen-bond acceptors (Lipinski definition) is 4. The van der Waals surface area contributed by atoms with E-state index in [9.17, 15) is 8.42 Å². The van der Waals surface area contributed by atoms with E-state index in [-0.39, 0.29) is 5.92 Å². The molecule has 5 nitrogen and oxygen atoms in total. The minimum Gasteiger partial charge on any atom is -0.299 e. The molecule has 1 aromatic carbocycles. The molecular formula is C17H23N3O2S. The average Bonchev–Trinajstić information content (AvgIpc) is 3.02. The summed E-state index contributed by atoms with van der Waals surface area (Å²) in [7, 11) is -3.40. The molecular weight excluding hydrogens is 310 g/mol. The summed E-state index contributed by atoms with van der Waals surface area (Å²) in [5, 5.41) is 8.89. The van der Waals surface area contributed by atoms with Crippen LogP contribution >= 0.6 is 0 Å². The summed E-state index contributed by atoms with van der Waals surface area (Å²) in [6, 6.07) is 7.82. The Morgan fingerprint density at radius 3 is 2.57 bits per heavy atom. The summed E-state index contributed by atoms with van der Waals surface area (Å²) in [4.78, 5) is 2.60. The van der Waals surface area contributed by atoms with Gasteiger partial charge >= 0.3 is 0 Å². The Balaban J connectivity index is 1.69. The van der Waals surface area contributed by atoms with Crippen LogP contribution in [0.3, 0.4) is 0 Å². The first-order valence-corrected chi connectivity index (χ1v) is 9.68. The van der Waals surface area contributed by atoms with Crippen molar-refractivity contribution in [2.75, 3.05) is 32.7 Å². The highest BCUT2D eigenvalue weighted by molar-refractivity contribution is 7.89. The fourth-order valence-corrected chi connectivity index (χ4v) is 4.91. The van der Waals surface area contributed by atoms with E-state index in [4.69, 9.17) is 5.26 Å². The second-order valence-corrected chi connectivity index (χ2v) is 8.46. The molecule has 1 saturated heterocycles. The van der Waals surface area contributed by atoms with Crippen molar-refractivity contribution in [3.05, 3.63) is 29.3 Å². The Kier molecular flexibility index (Phi) is 4.72. The minimum absolute atomic E-state index is 0.0186. The van der Waals surface area contributed by atoms with Crippen molar-refractivity contribution >= 4 is 10.0 Å². The minimum atomic E-state index is -3.40. The number of rotatable bonds is 4. The summed E-state index contributed by atoms with van der Waals surface area (Å²) < 4.78 is 27.2. The molecule has 2 aliphatic rings. The lowest BCUT2D eigenvalue weighted by atomic mass is 10.1. The lowest BCUT2D eigenvalue weighted by molar-refractivity contribution is 0.178. The van der Waals surface area contributed by atoms with Gasteiger partial charge in [0, 0.05) is 32.7 Å². The molecule has 0 N–H and O–H groups in total. The molecule has 0 spiro atoms. The van der Waals surface area contributed by atoms with E-state index < -0.39 is 10.0 Å². The molecule has 3 rings (SSSR count). The molecule has 1 aliphatic heterocycles. The zero-order valence-electron chi connectivity index (χ0n) is 13.5. The molecule has 0 saturated carbocycles. The monoisotopic (exact) mass is 333 g/mol. The van der Waals surface area contributed by atoms with Crippen molar-refractivity contribution in [2.24, 2.45) is 5.92 Å². The van der Waals surface area contributed by atoms with E-state index in [1.54, 1.807) is 10.4 Å². The van der Waals surface area contributed by atoms with Crippen molar-refractivity contribution in [3.8, 4) is 6.07 Å². The molecule has 1 fully saturated rings. The number of hydrogen-bond donors (Lipinski definition) is 0. The van der Waals surface area contributed by atoms with E-state index in [1.165, 1.54) is 11.1 Å². The maximum absolute atomic E-state index is 12.8. The molecule has 6 heteroatoms. The van der Waals surface area contributed by atoms with Crippen LogP contribution in [-0.2, 0) is 22.9 Å². The van der Waals surface area contributed by atoms with E-state index >= 15 is 0 Å². The van der Waals surface area contributed by atoms with Crippen molar-refractivity contribution in [3.63, 3.8) is 0 Å². The topological polar surface area (TPSA) is 64.4 Å². The number of aryl methyl sites for hydroxylation is 2. The van der Waals surface area contributed by atoms with Crippen LogP contribution in [0.1, 0.15) is 24.5 Å². The zero-order chi connectivity index (χ0) is 16.4. The van der Waals surface area contributed by atoms with Gasteiger partial charge in [-0.15, -0.1) is 0 Å². The SMILES string of the molecule is C[C@H](C#N)CN1CCN(S(=O)(=O)c2ccc3c(c2)CCC3)CC1. The predicted molar refractivity (Wildman–Crippen MR) is 88.4 cm³/mol. The third-order valence-electron chi connectivity index (χ3n) is 4.79. The van der Waals surface area contributed by atoms with Crippen molar-refractivity contribution in [2.45, 2.75) is 31.1 Å². The third kappa shape index (κ3) is 3.42. The van der Waals surface area contributed by atoms with Gasteiger partial charge in [-0.25, -0.2) is 8.42 Å². The fraction of sp³-hybridized carbons (Fsp3) is 0.588. The van der Waals surface area contributed by atoms with Gasteiger partial charge in [0.15, 0.2) is 0 Å². The predicted octanol–water partition coefficient (Wildman–Crippen LogP) is 1.64. The molecule has 1 aromatic rings. The molecule has 124 valence electrons. The van der Waals surface area contributed by atoms with Crippen molar-refractivity contribution < 1.29 is 8.42 Å². The van der Waals surface area contributed by atoms with Gasteiger partial charge in [-0.3, -0.25) is 4.90 Å². The van der Waals surface area contributed by atoms with Gasteiger partial charge in [0.2, 0.25) is 10.0 Å². The summed E-state index contributed by atoms with van der Waals surface area (Å²) >= 11 is 0. The van der Waals surface area contributed by atoms with Gasteiger partial charge < -0.3 is 0 Å². The molecule has 1 atom stereocenters. The molecule has 0 amide bonds. The Hall–Kier alpha value is -1.42. The number of nitrogens with zero attached hydrogens (tertiary/aromatic N) is 3. The highest BCUT2D eigenvalue weighted by Gasteiger charge is 2.29. The van der Waals surface area contributed by atoms with Gasteiger partial charge in [-0.2, -0.15) is 9.57 Å². The second-order valence-electron chi connectivity index (χ2n) is 6.52. The molecule has 1 aliphatic carbocycles. The summed E-state index contributed by atoms with van der Waals surface area (Å²) in [5.74, 6) is -0.0186. The zero-order valence-corrected chi connectivity index (χ0v) is 14.3. The van der Waals surface area contributed by atoms with Gasteiger partial charge in [0.05, 0.1) is 16.9 Å². The van der Waals surface area contributed by atoms with Crippen molar-refractivity contribution in [1.29, 1.82) is 5.26 Å². The van der Waals surface area contributed by atoms with Crippen LogP contribution in [0.15, 0.2) is 23.1 Å². The van der Waals surface area contributed by atoms with Crippen LogP contribution in [0, 0.1) is 17.2 Å². The molecule has 0 radical (unpaired) electrons. The smallest absolute Gasteiger partial charge is 0.243 e. The quantitative estimate of drug-likeness (QED) is 0.840. The van der Waals surface area contributed by atoms with E-state index in [1.807, 2.05) is 19.1 Å². The third-order valence-corrected chi connectivity index (χ3v) is 6.69. The largest absolute Gasteiger partial charge is 0.299 e. The molecule has 0 unspecified atom stereocenters. The van der Waals surface area contributed by atoms with Crippen LogP contribution in [0.25, 0.3) is 0 Å². The fourth-order valence-electron chi connectivity index (χ4n) is 3.44. The van der Waals surface area contributed by atoms with Crippen LogP contribution < -0.4 is 0 Å². The van der Waals surface area contributed by atoms with Crippen LogP contribution in [0.5, 0.6) is 0 Å². The number of nitriles is 1. The first kappa shape index (κ1) is 16.4. The van der Waals surface area contributed by atoms with Crippen LogP contribution in [0.4, 0.5) is 0 Å². The molecule has 1 heterocycles. The highest BCUT2D eigenvalue weighted by atomic mass is 32.2. The average molecular weight is 333 g/mol. The first-order valence-electron chi connectivity index (χ1n) is 8.24. The highest BCUT2D eigenvalue weighted by Crippen LogP contribution is 2.26. The van der Waals surface area contributed by atoms with E-state index in [0.29, 0.717) is 37.6 Å². The normalized spacial score (nSPS) is 20.9. The number of benzene rings is 1. The Morgan fingerprint density at radius 1 is 1.17 bits per heavy atom. The number of piperazine rings is 1. The maximum atomic E-state index is 12.8. The summed E-state index contributed by atoms with van der Waals surface area (Å²) in [5.41, 5.74) is 2.48. The van der Waals surface area contributed by atoms with Gasteiger partial charge in [0.25, 0.3) is 0 Å². The Labute approximate surface area is 138 Å². The Morgan fingerprint density at radius 2 is 1.87 bits per heavy atom. The van der Waals surface area contributed by atoms with Gasteiger partial charge in [-0.05, 0) is 49.4 Å². The standard InChI is InChI=1S/C17H23N3O2S/c1-14(12-18)13-19-7-9-20(10-8-19)23(21,22)17-6-5-15-3-2-4-16(15)11-17/h5-6,11,14H,2-4,7-10,13H2,1H3/t14-/m1/s1. The lowest BCUT2D eigenvalue weighted by Gasteiger charge is -2.34. The van der Waals surface area contributed by atoms with Crippen LogP contribution in [0.2, 0.25) is 0 Å². The van der Waals surface area contributed by atoms with Crippen LogP contribution in [-0.4, -0.2) is 50.3 Å². The molecule has 23 heavy (non-hydrogen) atoms. The van der Waals surface area contributed by atoms with Gasteiger partial charge in [0.1, 0.15) is 0 Å². The molecule has 0 bridgehead atoms. The first-order chi connectivity index (χ1) is 11.0. The number of fused-ring (bicyclic) bond motifs is 1. The Bertz CT molecular complexity index is 716. The molecule has 0 aromatic heterocycles. The summed E-state index contributed by atoms with van der Waals surface area (Å²) in [6.45, 7) is 4.98. The van der Waals surface area contributed by atoms with E-state index in [0.717, 1.165) is 19.3 Å².